The van der Waals surface area contributed by atoms with Crippen molar-refractivity contribution in [1.82, 2.24) is 0 Å². The van der Waals surface area contributed by atoms with E-state index in [1.807, 2.05) is 0 Å². The fraction of sp³-hybridized carbons (Fsp3) is 0.0526. The van der Waals surface area contributed by atoms with Crippen LogP contribution in [0.4, 0.5) is 0 Å². The predicted octanol–water partition coefficient (Wildman–Crippen LogP) is 15.8. The molecule has 0 saturated carbocycles. The second-order valence-electron chi connectivity index (χ2n) is 16.1. The highest BCUT2D eigenvalue weighted by Crippen LogP contribution is 2.50. The van der Waals surface area contributed by atoms with E-state index >= 15 is 0 Å². The Bertz CT molecular complexity index is 3180. The Morgan fingerprint density at radius 3 is 1.49 bits per heavy atom. The summed E-state index contributed by atoms with van der Waals surface area (Å²) in [4.78, 5) is 0. The van der Waals surface area contributed by atoms with E-state index in [9.17, 15) is 0 Å². The monoisotopic (exact) mass is 724 g/mol. The Labute approximate surface area is 334 Å². The summed E-state index contributed by atoms with van der Waals surface area (Å²) in [6, 6.07) is 76.5. The fourth-order valence-corrected chi connectivity index (χ4v) is 9.46. The first-order valence-corrected chi connectivity index (χ1v) is 20.0. The summed E-state index contributed by atoms with van der Waals surface area (Å²) >= 11 is 0. The summed E-state index contributed by atoms with van der Waals surface area (Å²) in [5, 5.41) is 7.52. The summed E-state index contributed by atoms with van der Waals surface area (Å²) in [6.45, 7) is 4.71. The van der Waals surface area contributed by atoms with Gasteiger partial charge in [-0.3, -0.25) is 0 Å². The minimum absolute atomic E-state index is 0.0302. The summed E-state index contributed by atoms with van der Waals surface area (Å²) in [5.74, 6) is 0. The predicted molar refractivity (Wildman–Crippen MR) is 244 cm³/mol. The molecule has 0 aliphatic heterocycles. The molecule has 1 aliphatic rings. The van der Waals surface area contributed by atoms with Crippen LogP contribution in [0.2, 0.25) is 0 Å². The molecule has 0 spiro atoms. The lowest BCUT2D eigenvalue weighted by molar-refractivity contribution is 0.660. The summed E-state index contributed by atoms with van der Waals surface area (Å²) in [7, 11) is 0. The molecule has 0 amide bonds. The van der Waals surface area contributed by atoms with Crippen LogP contribution in [-0.4, -0.2) is 0 Å². The van der Waals surface area contributed by atoms with Crippen molar-refractivity contribution in [3.63, 3.8) is 0 Å². The van der Waals surface area contributed by atoms with Crippen molar-refractivity contribution in [3.8, 4) is 66.8 Å². The first-order chi connectivity index (χ1) is 28.0. The average Bonchev–Trinajstić information content (AvgIpc) is 3.51. The van der Waals surface area contributed by atoms with Gasteiger partial charge in [-0.2, -0.15) is 0 Å². The maximum Gasteiger partial charge on any atom is 0.0159 e. The molecule has 0 unspecified atom stereocenters. The van der Waals surface area contributed by atoms with Gasteiger partial charge < -0.3 is 0 Å². The van der Waals surface area contributed by atoms with E-state index in [0.29, 0.717) is 0 Å². The number of fused-ring (bicyclic) bond motifs is 7. The largest absolute Gasteiger partial charge is 0.0622 e. The van der Waals surface area contributed by atoms with Gasteiger partial charge in [-0.25, -0.2) is 0 Å². The van der Waals surface area contributed by atoms with Crippen molar-refractivity contribution < 1.29 is 0 Å². The molecular weight excluding hydrogens is 685 g/mol. The van der Waals surface area contributed by atoms with E-state index in [-0.39, 0.29) is 5.41 Å². The Morgan fingerprint density at radius 1 is 0.246 bits per heavy atom. The quantitative estimate of drug-likeness (QED) is 0.155. The first kappa shape index (κ1) is 33.3. The van der Waals surface area contributed by atoms with Gasteiger partial charge in [0.15, 0.2) is 0 Å². The van der Waals surface area contributed by atoms with Gasteiger partial charge in [0.05, 0.1) is 0 Å². The van der Waals surface area contributed by atoms with E-state index in [2.05, 4.69) is 220 Å². The van der Waals surface area contributed by atoms with E-state index in [0.717, 1.165) is 0 Å². The molecule has 10 aromatic rings. The van der Waals surface area contributed by atoms with Crippen LogP contribution >= 0.6 is 0 Å². The molecule has 0 heteroatoms. The molecule has 0 fully saturated rings. The third kappa shape index (κ3) is 5.52. The third-order valence-corrected chi connectivity index (χ3v) is 12.4. The molecule has 0 N–H and O–H groups in total. The Hall–Kier alpha value is -7.02. The zero-order valence-electron chi connectivity index (χ0n) is 32.1. The average molecular weight is 725 g/mol. The highest BCUT2D eigenvalue weighted by molar-refractivity contribution is 6.16. The van der Waals surface area contributed by atoms with Gasteiger partial charge >= 0.3 is 0 Å². The van der Waals surface area contributed by atoms with Crippen molar-refractivity contribution in [3.05, 3.63) is 217 Å². The number of benzene rings is 10. The number of hydrogen-bond acceptors (Lipinski definition) is 0. The normalized spacial score (nSPS) is 12.9. The van der Waals surface area contributed by atoms with Crippen LogP contribution in [0.15, 0.2) is 206 Å². The molecular formula is C57H40. The van der Waals surface area contributed by atoms with Gasteiger partial charge in [0.25, 0.3) is 0 Å². The molecule has 0 saturated heterocycles. The zero-order chi connectivity index (χ0) is 38.1. The number of rotatable bonds is 5. The maximum atomic E-state index is 2.42. The van der Waals surface area contributed by atoms with Gasteiger partial charge in [-0.05, 0) is 153 Å². The number of hydrogen-bond donors (Lipinski definition) is 0. The maximum absolute atomic E-state index is 2.42. The topological polar surface area (TPSA) is 0 Å². The summed E-state index contributed by atoms with van der Waals surface area (Å²) in [6.07, 6.45) is 0. The lowest BCUT2D eigenvalue weighted by Gasteiger charge is -2.22. The Morgan fingerprint density at radius 2 is 0.754 bits per heavy atom. The molecule has 57 heavy (non-hydrogen) atoms. The van der Waals surface area contributed by atoms with Crippen LogP contribution in [0.1, 0.15) is 25.0 Å². The van der Waals surface area contributed by atoms with Crippen LogP contribution in [0.25, 0.3) is 99.1 Å². The van der Waals surface area contributed by atoms with Crippen LogP contribution in [-0.2, 0) is 5.41 Å². The molecule has 268 valence electrons. The molecule has 0 aromatic heterocycles. The van der Waals surface area contributed by atoms with Gasteiger partial charge in [0, 0.05) is 5.41 Å². The lowest BCUT2D eigenvalue weighted by Crippen LogP contribution is -2.14. The minimum Gasteiger partial charge on any atom is -0.0622 e. The van der Waals surface area contributed by atoms with E-state index in [1.165, 1.54) is 110 Å². The molecule has 0 nitrogen and oxygen atoms in total. The molecule has 0 atom stereocenters. The van der Waals surface area contributed by atoms with Gasteiger partial charge in [-0.1, -0.05) is 178 Å². The molecule has 0 bridgehead atoms. The Kier molecular flexibility index (Phi) is 7.63. The second kappa shape index (κ2) is 13.0. The van der Waals surface area contributed by atoms with Crippen LogP contribution < -0.4 is 0 Å². The molecule has 11 rings (SSSR count). The van der Waals surface area contributed by atoms with Crippen molar-refractivity contribution in [1.29, 1.82) is 0 Å². The second-order valence-corrected chi connectivity index (χ2v) is 16.1. The first-order valence-electron chi connectivity index (χ1n) is 20.0. The van der Waals surface area contributed by atoms with Crippen LogP contribution in [0, 0.1) is 0 Å². The highest BCUT2D eigenvalue weighted by atomic mass is 14.4. The molecule has 10 aromatic carbocycles. The molecule has 1 aliphatic carbocycles. The van der Waals surface area contributed by atoms with Crippen molar-refractivity contribution in [2.45, 2.75) is 19.3 Å². The van der Waals surface area contributed by atoms with Crippen molar-refractivity contribution >= 4 is 32.3 Å². The lowest BCUT2D eigenvalue weighted by atomic mass is 9.81. The van der Waals surface area contributed by atoms with Crippen molar-refractivity contribution in [2.75, 3.05) is 0 Å². The molecule has 0 heterocycles. The van der Waals surface area contributed by atoms with Gasteiger partial charge in [-0.15, -0.1) is 0 Å². The van der Waals surface area contributed by atoms with Crippen LogP contribution in [0.5, 0.6) is 0 Å². The molecule has 0 radical (unpaired) electrons. The van der Waals surface area contributed by atoms with Crippen LogP contribution in [0.3, 0.4) is 0 Å². The standard InChI is InChI=1S/C57H40/c1-57(2)55-23-12-11-22-49(55)50-29-25-44(36-56(50)57)40-21-13-20-39(30-40)43-24-27-47-46(31-43)35-52(38-16-7-4-8-17-38)54-34-45(26-28-48(47)54)53-33-42-19-10-9-18-41(42)32-51(53)37-14-5-3-6-15-37/h3-36H,1-2H3. The highest BCUT2D eigenvalue weighted by Gasteiger charge is 2.35. The fourth-order valence-electron chi connectivity index (χ4n) is 9.46. The van der Waals surface area contributed by atoms with Crippen molar-refractivity contribution in [2.24, 2.45) is 0 Å². The smallest absolute Gasteiger partial charge is 0.0159 e. The minimum atomic E-state index is -0.0302. The zero-order valence-corrected chi connectivity index (χ0v) is 32.1. The Balaban J connectivity index is 1.04. The SMILES string of the molecule is CC1(C)c2ccccc2-c2ccc(-c3cccc(-c4ccc5c(c4)cc(-c4ccccc4)c4cc(-c6cc7ccccc7cc6-c6ccccc6)ccc45)c3)cc21. The summed E-state index contributed by atoms with van der Waals surface area (Å²) < 4.78 is 0. The van der Waals surface area contributed by atoms with E-state index in [1.54, 1.807) is 0 Å². The van der Waals surface area contributed by atoms with Gasteiger partial charge in [0.1, 0.15) is 0 Å². The van der Waals surface area contributed by atoms with Gasteiger partial charge in [0.2, 0.25) is 0 Å². The third-order valence-electron chi connectivity index (χ3n) is 12.4. The summed E-state index contributed by atoms with van der Waals surface area (Å²) in [5.41, 5.74) is 17.8. The van der Waals surface area contributed by atoms with E-state index in [4.69, 9.17) is 0 Å². The van der Waals surface area contributed by atoms with E-state index < -0.39 is 0 Å².